The fourth-order valence-electron chi connectivity index (χ4n) is 3.68. The molecule has 30 heavy (non-hydrogen) atoms. The van der Waals surface area contributed by atoms with Gasteiger partial charge in [-0.25, -0.2) is 13.4 Å². The summed E-state index contributed by atoms with van der Waals surface area (Å²) in [6, 6.07) is 7.14. The summed E-state index contributed by atoms with van der Waals surface area (Å²) in [5.74, 6) is -0.179. The molecule has 1 aromatic carbocycles. The average molecular weight is 450 g/mol. The van der Waals surface area contributed by atoms with Crippen LogP contribution in [0, 0.1) is 0 Å². The summed E-state index contributed by atoms with van der Waals surface area (Å²) < 4.78 is 33.2. The molecule has 1 N–H and O–H groups in total. The van der Waals surface area contributed by atoms with Crippen molar-refractivity contribution < 1.29 is 17.9 Å². The number of rotatable bonds is 4. The van der Waals surface area contributed by atoms with Gasteiger partial charge in [-0.15, -0.1) is 11.3 Å². The molecule has 0 saturated carbocycles. The van der Waals surface area contributed by atoms with Crippen molar-refractivity contribution in [1.29, 1.82) is 0 Å². The molecule has 0 aliphatic carbocycles. The van der Waals surface area contributed by atoms with E-state index in [9.17, 15) is 13.2 Å². The van der Waals surface area contributed by atoms with Crippen LogP contribution in [0.15, 0.2) is 29.2 Å². The maximum absolute atomic E-state index is 13.1. The number of thiazole rings is 1. The van der Waals surface area contributed by atoms with E-state index in [0.717, 1.165) is 29.0 Å². The average Bonchev–Trinajstić information content (AvgIpc) is 3.36. The minimum absolute atomic E-state index is 0.0324. The van der Waals surface area contributed by atoms with Gasteiger partial charge < -0.3 is 4.74 Å². The van der Waals surface area contributed by atoms with Crippen molar-refractivity contribution >= 4 is 32.4 Å². The van der Waals surface area contributed by atoms with Crippen LogP contribution >= 0.6 is 11.3 Å². The lowest BCUT2D eigenvalue weighted by Gasteiger charge is -2.26. The monoisotopic (exact) mass is 449 g/mol. The summed E-state index contributed by atoms with van der Waals surface area (Å²) in [7, 11) is -3.59. The molecule has 2 aromatic rings. The van der Waals surface area contributed by atoms with Crippen LogP contribution in [0.2, 0.25) is 0 Å². The Labute approximate surface area is 181 Å². The Hall–Kier alpha value is -1.81. The number of amides is 1. The molecule has 0 bridgehead atoms. The number of hydrogen-bond acceptors (Lipinski definition) is 6. The van der Waals surface area contributed by atoms with Crippen LogP contribution in [0.5, 0.6) is 0 Å². The molecule has 162 valence electrons. The maximum atomic E-state index is 13.1. The molecule has 1 aromatic heterocycles. The van der Waals surface area contributed by atoms with Crippen molar-refractivity contribution in [2.75, 3.05) is 18.5 Å². The SMILES string of the molecule is CC(C)(C)c1ccc(S(=O)(=O)N2CCc3nc(NC(=O)C4CCCO4)sc3C2)cc1. The molecule has 0 spiro atoms. The second-order valence-corrected chi connectivity index (χ2v) is 11.8. The molecule has 4 rings (SSSR count). The van der Waals surface area contributed by atoms with E-state index in [1.165, 1.54) is 15.6 Å². The third-order valence-electron chi connectivity index (χ3n) is 5.51. The summed E-state index contributed by atoms with van der Waals surface area (Å²) in [6.07, 6.45) is 1.72. The zero-order valence-corrected chi connectivity index (χ0v) is 19.1. The third kappa shape index (κ3) is 4.30. The van der Waals surface area contributed by atoms with Gasteiger partial charge in [-0.1, -0.05) is 32.9 Å². The van der Waals surface area contributed by atoms with Gasteiger partial charge in [0.15, 0.2) is 5.13 Å². The van der Waals surface area contributed by atoms with Crippen molar-refractivity contribution in [1.82, 2.24) is 9.29 Å². The number of carbonyl (C=O) groups is 1. The number of carbonyl (C=O) groups excluding carboxylic acids is 1. The Balaban J connectivity index is 1.48. The number of benzene rings is 1. The molecule has 1 atom stereocenters. The van der Waals surface area contributed by atoms with Gasteiger partial charge in [0.25, 0.3) is 5.91 Å². The molecule has 1 unspecified atom stereocenters. The summed E-state index contributed by atoms with van der Waals surface area (Å²) in [6.45, 7) is 7.55. The van der Waals surface area contributed by atoms with Gasteiger partial charge >= 0.3 is 0 Å². The van der Waals surface area contributed by atoms with Crippen molar-refractivity contribution in [3.8, 4) is 0 Å². The fourth-order valence-corrected chi connectivity index (χ4v) is 6.19. The van der Waals surface area contributed by atoms with E-state index in [2.05, 4.69) is 31.1 Å². The van der Waals surface area contributed by atoms with Crippen LogP contribution in [-0.4, -0.2) is 42.9 Å². The summed E-state index contributed by atoms with van der Waals surface area (Å²) in [5, 5.41) is 3.33. The predicted molar refractivity (Wildman–Crippen MR) is 116 cm³/mol. The quantitative estimate of drug-likeness (QED) is 0.774. The number of hydrogen-bond donors (Lipinski definition) is 1. The van der Waals surface area contributed by atoms with E-state index in [4.69, 9.17) is 4.74 Å². The van der Waals surface area contributed by atoms with Gasteiger partial charge in [-0.05, 0) is 36.0 Å². The number of ether oxygens (including phenoxy) is 1. The van der Waals surface area contributed by atoms with Crippen LogP contribution in [0.4, 0.5) is 5.13 Å². The highest BCUT2D eigenvalue weighted by atomic mass is 32.2. The highest BCUT2D eigenvalue weighted by molar-refractivity contribution is 7.89. The standard InChI is InChI=1S/C21H27N3O4S2/c1-21(2,3)14-6-8-15(9-7-14)30(26,27)24-11-10-16-18(13-24)29-20(22-16)23-19(25)17-5-4-12-28-17/h6-9,17H,4-5,10-13H2,1-3H3,(H,22,23,25). The van der Waals surface area contributed by atoms with Crippen molar-refractivity contribution in [2.45, 2.75) is 63.0 Å². The van der Waals surface area contributed by atoms with Crippen LogP contribution in [-0.2, 0) is 37.9 Å². The summed E-state index contributed by atoms with van der Waals surface area (Å²) >= 11 is 1.34. The van der Waals surface area contributed by atoms with E-state index in [1.54, 1.807) is 12.1 Å². The lowest BCUT2D eigenvalue weighted by molar-refractivity contribution is -0.124. The van der Waals surface area contributed by atoms with Crippen molar-refractivity contribution in [3.05, 3.63) is 40.4 Å². The zero-order chi connectivity index (χ0) is 21.5. The normalized spacial score (nSPS) is 20.2. The van der Waals surface area contributed by atoms with Gasteiger partial charge in [0.1, 0.15) is 6.10 Å². The summed E-state index contributed by atoms with van der Waals surface area (Å²) in [4.78, 5) is 17.9. The van der Waals surface area contributed by atoms with Crippen LogP contribution in [0.3, 0.4) is 0 Å². The van der Waals surface area contributed by atoms with Gasteiger partial charge in [-0.3, -0.25) is 10.1 Å². The molecule has 1 fully saturated rings. The Kier molecular flexibility index (Phi) is 5.73. The molecular formula is C21H27N3O4S2. The topological polar surface area (TPSA) is 88.6 Å². The number of anilines is 1. The number of sulfonamides is 1. The van der Waals surface area contributed by atoms with Crippen molar-refractivity contribution in [2.24, 2.45) is 0 Å². The summed E-state index contributed by atoms with van der Waals surface area (Å²) in [5.41, 5.74) is 1.92. The largest absolute Gasteiger partial charge is 0.368 e. The van der Waals surface area contributed by atoms with E-state index in [-0.39, 0.29) is 17.9 Å². The third-order valence-corrected chi connectivity index (χ3v) is 8.36. The smallest absolute Gasteiger partial charge is 0.255 e. The second-order valence-electron chi connectivity index (χ2n) is 8.74. The molecule has 2 aliphatic rings. The van der Waals surface area contributed by atoms with E-state index in [1.807, 2.05) is 12.1 Å². The second kappa shape index (κ2) is 8.03. The van der Waals surface area contributed by atoms with Gasteiger partial charge in [0.05, 0.1) is 17.1 Å². The van der Waals surface area contributed by atoms with E-state index in [0.29, 0.717) is 29.6 Å². The first kappa shape index (κ1) is 21.4. The first-order chi connectivity index (χ1) is 14.1. The predicted octanol–water partition coefficient (Wildman–Crippen LogP) is 3.31. The Morgan fingerprint density at radius 1 is 1.27 bits per heavy atom. The maximum Gasteiger partial charge on any atom is 0.255 e. The van der Waals surface area contributed by atoms with Crippen LogP contribution < -0.4 is 5.32 Å². The molecule has 1 saturated heterocycles. The molecular weight excluding hydrogens is 422 g/mol. The molecule has 0 radical (unpaired) electrons. The van der Waals surface area contributed by atoms with Gasteiger partial charge in [0.2, 0.25) is 10.0 Å². The Bertz CT molecular complexity index is 1030. The minimum Gasteiger partial charge on any atom is -0.368 e. The Morgan fingerprint density at radius 2 is 2.00 bits per heavy atom. The fraction of sp³-hybridized carbons (Fsp3) is 0.524. The van der Waals surface area contributed by atoms with Crippen molar-refractivity contribution in [3.63, 3.8) is 0 Å². The molecule has 7 nitrogen and oxygen atoms in total. The highest BCUT2D eigenvalue weighted by Crippen LogP contribution is 2.32. The molecule has 1 amide bonds. The lowest BCUT2D eigenvalue weighted by Crippen LogP contribution is -2.35. The number of aromatic nitrogens is 1. The minimum atomic E-state index is -3.59. The van der Waals surface area contributed by atoms with E-state index >= 15 is 0 Å². The van der Waals surface area contributed by atoms with E-state index < -0.39 is 16.1 Å². The molecule has 3 heterocycles. The van der Waals surface area contributed by atoms with Gasteiger partial charge in [0, 0.05) is 24.4 Å². The first-order valence-corrected chi connectivity index (χ1v) is 12.4. The first-order valence-electron chi connectivity index (χ1n) is 10.2. The molecule has 9 heteroatoms. The molecule has 2 aliphatic heterocycles. The zero-order valence-electron chi connectivity index (χ0n) is 17.5. The van der Waals surface area contributed by atoms with Gasteiger partial charge in [-0.2, -0.15) is 4.31 Å². The number of fused-ring (bicyclic) bond motifs is 1. The highest BCUT2D eigenvalue weighted by Gasteiger charge is 2.31. The van der Waals surface area contributed by atoms with Crippen LogP contribution in [0.25, 0.3) is 0 Å². The number of nitrogens with zero attached hydrogens (tertiary/aromatic N) is 2. The number of nitrogens with one attached hydrogen (secondary N) is 1. The van der Waals surface area contributed by atoms with Crippen LogP contribution in [0.1, 0.15) is 49.7 Å². The Morgan fingerprint density at radius 3 is 2.63 bits per heavy atom. The lowest BCUT2D eigenvalue weighted by atomic mass is 9.87.